The Kier molecular flexibility index (Phi) is 3.13. The molecule has 1 atom stereocenters. The molecule has 19 heavy (non-hydrogen) atoms. The van der Waals surface area contributed by atoms with E-state index in [0.29, 0.717) is 32.2 Å². The van der Waals surface area contributed by atoms with Crippen LogP contribution in [0.15, 0.2) is 0 Å². The minimum absolute atomic E-state index is 0.175. The summed E-state index contributed by atoms with van der Waals surface area (Å²) < 4.78 is 5.46. The van der Waals surface area contributed by atoms with E-state index < -0.39 is 6.10 Å². The zero-order chi connectivity index (χ0) is 13.7. The number of likely N-dealkylation sites (tertiary alicyclic amines) is 1. The molecule has 1 saturated carbocycles. The van der Waals surface area contributed by atoms with Gasteiger partial charge in [0.2, 0.25) is 5.91 Å². The van der Waals surface area contributed by atoms with Crippen LogP contribution >= 0.6 is 0 Å². The van der Waals surface area contributed by atoms with Gasteiger partial charge in [-0.15, -0.1) is 0 Å². The number of ether oxygens (including phenoxy) is 1. The number of aliphatic hydroxyl groups is 1. The second-order valence-corrected chi connectivity index (χ2v) is 7.23. The van der Waals surface area contributed by atoms with E-state index in [2.05, 4.69) is 0 Å². The third-order valence-electron chi connectivity index (χ3n) is 5.35. The van der Waals surface area contributed by atoms with E-state index in [1.807, 2.05) is 18.7 Å². The predicted molar refractivity (Wildman–Crippen MR) is 71.6 cm³/mol. The van der Waals surface area contributed by atoms with Gasteiger partial charge in [0, 0.05) is 31.7 Å². The molecule has 3 aliphatic rings. The highest BCUT2D eigenvalue weighted by molar-refractivity contribution is 5.84. The molecule has 0 aromatic rings. The fourth-order valence-electron chi connectivity index (χ4n) is 3.76. The number of β-amino-alcohol motifs (C(OH)–C–C–N with tert-alkyl or cyclic N) is 1. The fourth-order valence-corrected chi connectivity index (χ4v) is 3.76. The molecule has 1 aliphatic carbocycles. The lowest BCUT2D eigenvalue weighted by molar-refractivity contribution is -0.149. The standard InChI is InChI=1S/C15H25NO3/c1-14(2)10-16(9-12(14)17)13(18)15(11-3-4-11)5-7-19-8-6-15/h11-12,17H,3-10H2,1-2H3. The van der Waals surface area contributed by atoms with Crippen molar-refractivity contribution in [1.82, 2.24) is 4.90 Å². The highest BCUT2D eigenvalue weighted by atomic mass is 16.5. The quantitative estimate of drug-likeness (QED) is 0.823. The Bertz CT molecular complexity index is 370. The molecule has 4 nitrogen and oxygen atoms in total. The van der Waals surface area contributed by atoms with Crippen LogP contribution in [0.4, 0.5) is 0 Å². The van der Waals surface area contributed by atoms with Crippen molar-refractivity contribution in [3.05, 3.63) is 0 Å². The van der Waals surface area contributed by atoms with Crippen molar-refractivity contribution in [3.8, 4) is 0 Å². The largest absolute Gasteiger partial charge is 0.391 e. The SMILES string of the molecule is CC1(C)CN(C(=O)C2(C3CC3)CCOCC2)CC1O. The van der Waals surface area contributed by atoms with Gasteiger partial charge in [-0.05, 0) is 31.6 Å². The van der Waals surface area contributed by atoms with E-state index in [4.69, 9.17) is 4.74 Å². The Morgan fingerprint density at radius 3 is 2.37 bits per heavy atom. The van der Waals surface area contributed by atoms with E-state index in [0.717, 1.165) is 12.8 Å². The topological polar surface area (TPSA) is 49.8 Å². The number of carbonyl (C=O) groups excluding carboxylic acids is 1. The number of hydrogen-bond acceptors (Lipinski definition) is 3. The second kappa shape index (κ2) is 4.45. The molecule has 1 unspecified atom stereocenters. The van der Waals surface area contributed by atoms with Crippen molar-refractivity contribution in [2.24, 2.45) is 16.7 Å². The lowest BCUT2D eigenvalue weighted by atomic mass is 9.74. The van der Waals surface area contributed by atoms with Gasteiger partial charge in [0.05, 0.1) is 11.5 Å². The fraction of sp³-hybridized carbons (Fsp3) is 0.933. The molecule has 0 radical (unpaired) electrons. The highest BCUT2D eigenvalue weighted by Gasteiger charge is 2.54. The van der Waals surface area contributed by atoms with E-state index >= 15 is 0 Å². The second-order valence-electron chi connectivity index (χ2n) is 7.23. The minimum atomic E-state index is -0.396. The number of aliphatic hydroxyl groups excluding tert-OH is 1. The van der Waals surface area contributed by atoms with Crippen molar-refractivity contribution >= 4 is 5.91 Å². The smallest absolute Gasteiger partial charge is 0.229 e. The lowest BCUT2D eigenvalue weighted by Crippen LogP contribution is -2.48. The summed E-state index contributed by atoms with van der Waals surface area (Å²) >= 11 is 0. The summed E-state index contributed by atoms with van der Waals surface area (Å²) in [7, 11) is 0. The summed E-state index contributed by atoms with van der Waals surface area (Å²) in [5.41, 5.74) is -0.357. The molecule has 0 aromatic heterocycles. The first-order chi connectivity index (χ1) is 8.96. The first-order valence-electron chi connectivity index (χ1n) is 7.51. The zero-order valence-corrected chi connectivity index (χ0v) is 12.0. The average Bonchev–Trinajstić information content (AvgIpc) is 3.18. The van der Waals surface area contributed by atoms with E-state index in [-0.39, 0.29) is 16.7 Å². The lowest BCUT2D eigenvalue weighted by Gasteiger charge is -2.39. The maximum absolute atomic E-state index is 13.0. The van der Waals surface area contributed by atoms with Crippen LogP contribution in [0.1, 0.15) is 39.5 Å². The molecule has 0 aromatic carbocycles. The summed E-state index contributed by atoms with van der Waals surface area (Å²) in [6.45, 7) is 6.69. The van der Waals surface area contributed by atoms with Gasteiger partial charge in [0.1, 0.15) is 0 Å². The molecule has 1 N–H and O–H groups in total. The van der Waals surface area contributed by atoms with Crippen molar-refractivity contribution in [3.63, 3.8) is 0 Å². The van der Waals surface area contributed by atoms with Crippen LogP contribution in [0.5, 0.6) is 0 Å². The molecular formula is C15H25NO3. The van der Waals surface area contributed by atoms with Gasteiger partial charge >= 0.3 is 0 Å². The molecule has 3 fully saturated rings. The molecular weight excluding hydrogens is 242 g/mol. The minimum Gasteiger partial charge on any atom is -0.391 e. The van der Waals surface area contributed by atoms with Gasteiger partial charge in [0.15, 0.2) is 0 Å². The monoisotopic (exact) mass is 267 g/mol. The summed E-state index contributed by atoms with van der Waals surface area (Å²) in [5.74, 6) is 0.840. The van der Waals surface area contributed by atoms with Crippen molar-refractivity contribution in [1.29, 1.82) is 0 Å². The van der Waals surface area contributed by atoms with Gasteiger partial charge in [-0.1, -0.05) is 13.8 Å². The average molecular weight is 267 g/mol. The van der Waals surface area contributed by atoms with Crippen molar-refractivity contribution in [2.45, 2.75) is 45.6 Å². The highest BCUT2D eigenvalue weighted by Crippen LogP contribution is 2.53. The van der Waals surface area contributed by atoms with Crippen LogP contribution in [0.2, 0.25) is 0 Å². The van der Waals surface area contributed by atoms with Crippen LogP contribution < -0.4 is 0 Å². The van der Waals surface area contributed by atoms with Gasteiger partial charge in [-0.3, -0.25) is 4.79 Å². The maximum Gasteiger partial charge on any atom is 0.229 e. The molecule has 2 aliphatic heterocycles. The van der Waals surface area contributed by atoms with Crippen molar-refractivity contribution < 1.29 is 14.6 Å². The van der Waals surface area contributed by atoms with Gasteiger partial charge < -0.3 is 14.7 Å². The molecule has 2 heterocycles. The Balaban J connectivity index is 1.78. The van der Waals surface area contributed by atoms with E-state index in [1.165, 1.54) is 12.8 Å². The Morgan fingerprint density at radius 2 is 1.89 bits per heavy atom. The van der Waals surface area contributed by atoms with Crippen LogP contribution in [-0.2, 0) is 9.53 Å². The first kappa shape index (κ1) is 13.4. The summed E-state index contributed by atoms with van der Waals surface area (Å²) in [6.07, 6.45) is 3.71. The Hall–Kier alpha value is -0.610. The maximum atomic E-state index is 13.0. The normalized spacial score (nSPS) is 33.4. The number of hydrogen-bond donors (Lipinski definition) is 1. The zero-order valence-electron chi connectivity index (χ0n) is 12.0. The molecule has 3 rings (SSSR count). The number of rotatable bonds is 2. The molecule has 2 saturated heterocycles. The summed E-state index contributed by atoms with van der Waals surface area (Å²) in [5, 5.41) is 10.1. The van der Waals surface area contributed by atoms with Crippen LogP contribution in [0.3, 0.4) is 0 Å². The first-order valence-corrected chi connectivity index (χ1v) is 7.51. The predicted octanol–water partition coefficient (Wildman–Crippen LogP) is 1.42. The third-order valence-corrected chi connectivity index (χ3v) is 5.35. The third kappa shape index (κ3) is 2.19. The number of nitrogens with zero attached hydrogens (tertiary/aromatic N) is 1. The van der Waals surface area contributed by atoms with E-state index in [9.17, 15) is 9.90 Å². The number of amides is 1. The molecule has 0 spiro atoms. The molecule has 1 amide bonds. The van der Waals surface area contributed by atoms with Crippen LogP contribution in [0.25, 0.3) is 0 Å². The molecule has 0 bridgehead atoms. The van der Waals surface area contributed by atoms with Gasteiger partial charge in [-0.2, -0.15) is 0 Å². The number of carbonyl (C=O) groups is 1. The summed E-state index contributed by atoms with van der Waals surface area (Å²) in [6, 6.07) is 0. The summed E-state index contributed by atoms with van der Waals surface area (Å²) in [4.78, 5) is 14.9. The molecule has 108 valence electrons. The van der Waals surface area contributed by atoms with Gasteiger partial charge in [-0.25, -0.2) is 0 Å². The molecule has 4 heteroatoms. The van der Waals surface area contributed by atoms with Crippen LogP contribution in [0, 0.1) is 16.7 Å². The Morgan fingerprint density at radius 1 is 1.26 bits per heavy atom. The van der Waals surface area contributed by atoms with Crippen LogP contribution in [-0.4, -0.2) is 48.3 Å². The van der Waals surface area contributed by atoms with E-state index in [1.54, 1.807) is 0 Å². The van der Waals surface area contributed by atoms with Crippen molar-refractivity contribution in [2.75, 3.05) is 26.3 Å². The van der Waals surface area contributed by atoms with Gasteiger partial charge in [0.25, 0.3) is 0 Å². The Labute approximate surface area is 115 Å².